The van der Waals surface area contributed by atoms with Gasteiger partial charge >= 0.3 is 0 Å². The molecule has 0 bridgehead atoms. The monoisotopic (exact) mass is 208 g/mol. The van der Waals surface area contributed by atoms with Crippen LogP contribution in [0.4, 0.5) is 0 Å². The van der Waals surface area contributed by atoms with E-state index in [9.17, 15) is 0 Å². The number of hydrogen-bond acceptors (Lipinski definition) is 0. The lowest BCUT2D eigenvalue weighted by Crippen LogP contribution is -2.25. The van der Waals surface area contributed by atoms with Crippen molar-refractivity contribution in [3.63, 3.8) is 0 Å². The summed E-state index contributed by atoms with van der Waals surface area (Å²) in [4.78, 5) is 0. The Morgan fingerprint density at radius 2 is 1.87 bits per heavy atom. The molecular formula is C15H28. The quantitative estimate of drug-likeness (QED) is 0.517. The van der Waals surface area contributed by atoms with Gasteiger partial charge in [0.25, 0.3) is 0 Å². The average Bonchev–Trinajstić information content (AvgIpc) is 2.72. The average molecular weight is 208 g/mol. The van der Waals surface area contributed by atoms with E-state index in [0.29, 0.717) is 5.41 Å². The number of allylic oxidation sites excluding steroid dienone is 2. The summed E-state index contributed by atoms with van der Waals surface area (Å²) in [5.74, 6) is 1.02. The van der Waals surface area contributed by atoms with E-state index in [1.54, 1.807) is 0 Å². The van der Waals surface area contributed by atoms with Crippen LogP contribution in [-0.2, 0) is 0 Å². The predicted molar refractivity (Wildman–Crippen MR) is 69.0 cm³/mol. The maximum Gasteiger partial charge on any atom is -0.0295 e. The summed E-state index contributed by atoms with van der Waals surface area (Å²) in [5.41, 5.74) is 0.630. The van der Waals surface area contributed by atoms with Crippen LogP contribution in [-0.4, -0.2) is 0 Å². The first-order valence-corrected chi connectivity index (χ1v) is 6.84. The smallest absolute Gasteiger partial charge is 0.0295 e. The molecule has 1 saturated carbocycles. The largest absolute Gasteiger partial charge is 0.0917 e. The highest BCUT2D eigenvalue weighted by atomic mass is 14.4. The Morgan fingerprint density at radius 3 is 2.40 bits per heavy atom. The fourth-order valence-electron chi connectivity index (χ4n) is 3.31. The highest BCUT2D eigenvalue weighted by Gasteiger charge is 2.34. The zero-order chi connectivity index (χ0) is 11.1. The lowest BCUT2D eigenvalue weighted by atomic mass is 9.70. The van der Waals surface area contributed by atoms with Gasteiger partial charge in [-0.1, -0.05) is 45.3 Å². The van der Waals surface area contributed by atoms with Crippen molar-refractivity contribution in [2.45, 2.75) is 72.1 Å². The third-order valence-corrected chi connectivity index (χ3v) is 4.28. The van der Waals surface area contributed by atoms with Crippen LogP contribution in [0.25, 0.3) is 0 Å². The van der Waals surface area contributed by atoms with Crippen molar-refractivity contribution < 1.29 is 0 Å². The molecule has 0 radical (unpaired) electrons. The third-order valence-electron chi connectivity index (χ3n) is 4.28. The summed E-state index contributed by atoms with van der Waals surface area (Å²) < 4.78 is 0. The van der Waals surface area contributed by atoms with Crippen molar-refractivity contribution in [3.05, 3.63) is 12.2 Å². The summed E-state index contributed by atoms with van der Waals surface area (Å²) in [6.07, 6.45) is 15.9. The fourth-order valence-corrected chi connectivity index (χ4v) is 3.31. The lowest BCUT2D eigenvalue weighted by molar-refractivity contribution is 0.156. The van der Waals surface area contributed by atoms with E-state index in [-0.39, 0.29) is 0 Å². The summed E-state index contributed by atoms with van der Waals surface area (Å²) in [6, 6.07) is 0. The molecule has 0 amide bonds. The molecule has 0 spiro atoms. The SMILES string of the molecule is C/C=C/CCC(C)(CCC)C1CCCC1. The van der Waals surface area contributed by atoms with Crippen molar-refractivity contribution in [2.24, 2.45) is 11.3 Å². The van der Waals surface area contributed by atoms with Crippen molar-refractivity contribution in [1.29, 1.82) is 0 Å². The van der Waals surface area contributed by atoms with Gasteiger partial charge in [0.15, 0.2) is 0 Å². The van der Waals surface area contributed by atoms with E-state index in [0.717, 1.165) is 5.92 Å². The molecule has 0 saturated heterocycles. The fraction of sp³-hybridized carbons (Fsp3) is 0.867. The van der Waals surface area contributed by atoms with Crippen LogP contribution < -0.4 is 0 Å². The summed E-state index contributed by atoms with van der Waals surface area (Å²) in [7, 11) is 0. The molecule has 0 nitrogen and oxygen atoms in total. The zero-order valence-electron chi connectivity index (χ0n) is 10.9. The van der Waals surface area contributed by atoms with Gasteiger partial charge in [0.2, 0.25) is 0 Å². The van der Waals surface area contributed by atoms with Crippen LogP contribution in [0.3, 0.4) is 0 Å². The Morgan fingerprint density at radius 1 is 1.20 bits per heavy atom. The zero-order valence-corrected chi connectivity index (χ0v) is 10.9. The second kappa shape index (κ2) is 6.35. The minimum atomic E-state index is 0.630. The summed E-state index contributed by atoms with van der Waals surface area (Å²) in [6.45, 7) is 7.01. The van der Waals surface area contributed by atoms with E-state index in [2.05, 4.69) is 32.9 Å². The van der Waals surface area contributed by atoms with Gasteiger partial charge in [0, 0.05) is 0 Å². The second-order valence-corrected chi connectivity index (χ2v) is 5.49. The molecule has 88 valence electrons. The standard InChI is InChI=1S/C15H28/c1-4-6-9-13-15(3,12-5-2)14-10-7-8-11-14/h4,6,14H,5,7-13H2,1-3H3/b6-4+. The van der Waals surface area contributed by atoms with Gasteiger partial charge in [0.1, 0.15) is 0 Å². The lowest BCUT2D eigenvalue weighted by Gasteiger charge is -2.35. The maximum absolute atomic E-state index is 2.54. The minimum absolute atomic E-state index is 0.630. The van der Waals surface area contributed by atoms with Crippen molar-refractivity contribution in [3.8, 4) is 0 Å². The van der Waals surface area contributed by atoms with Crippen LogP contribution in [0, 0.1) is 11.3 Å². The molecule has 0 aromatic rings. The van der Waals surface area contributed by atoms with Crippen LogP contribution in [0.1, 0.15) is 72.1 Å². The molecule has 1 atom stereocenters. The Bertz CT molecular complexity index is 186. The number of hydrogen-bond donors (Lipinski definition) is 0. The van der Waals surface area contributed by atoms with Gasteiger partial charge < -0.3 is 0 Å². The van der Waals surface area contributed by atoms with Crippen molar-refractivity contribution in [1.82, 2.24) is 0 Å². The van der Waals surface area contributed by atoms with Crippen LogP contribution in [0.2, 0.25) is 0 Å². The van der Waals surface area contributed by atoms with Gasteiger partial charge in [-0.3, -0.25) is 0 Å². The molecule has 1 aliphatic carbocycles. The van der Waals surface area contributed by atoms with Gasteiger partial charge in [-0.25, -0.2) is 0 Å². The van der Waals surface area contributed by atoms with E-state index in [4.69, 9.17) is 0 Å². The molecule has 1 aliphatic rings. The van der Waals surface area contributed by atoms with Gasteiger partial charge in [-0.15, -0.1) is 0 Å². The van der Waals surface area contributed by atoms with Gasteiger partial charge in [0.05, 0.1) is 0 Å². The Kier molecular flexibility index (Phi) is 5.42. The first kappa shape index (κ1) is 12.8. The Balaban J connectivity index is 2.50. The summed E-state index contributed by atoms with van der Waals surface area (Å²) >= 11 is 0. The molecule has 1 rings (SSSR count). The summed E-state index contributed by atoms with van der Waals surface area (Å²) in [5, 5.41) is 0. The molecule has 0 N–H and O–H groups in total. The Hall–Kier alpha value is -0.260. The predicted octanol–water partition coefficient (Wildman–Crippen LogP) is 5.34. The molecule has 1 unspecified atom stereocenters. The molecular weight excluding hydrogens is 180 g/mol. The second-order valence-electron chi connectivity index (χ2n) is 5.49. The van der Waals surface area contributed by atoms with Gasteiger partial charge in [-0.2, -0.15) is 0 Å². The van der Waals surface area contributed by atoms with E-state index in [1.165, 1.54) is 51.4 Å². The highest BCUT2D eigenvalue weighted by molar-refractivity contribution is 4.88. The number of rotatable bonds is 6. The van der Waals surface area contributed by atoms with Crippen LogP contribution >= 0.6 is 0 Å². The maximum atomic E-state index is 2.54. The van der Waals surface area contributed by atoms with Crippen LogP contribution in [0.5, 0.6) is 0 Å². The molecule has 0 aromatic heterocycles. The Labute approximate surface area is 96.2 Å². The first-order chi connectivity index (χ1) is 7.23. The molecule has 0 aliphatic heterocycles. The normalized spacial score (nSPS) is 22.3. The first-order valence-electron chi connectivity index (χ1n) is 6.84. The molecule has 0 heteroatoms. The van der Waals surface area contributed by atoms with Crippen LogP contribution in [0.15, 0.2) is 12.2 Å². The highest BCUT2D eigenvalue weighted by Crippen LogP contribution is 2.45. The molecule has 0 heterocycles. The van der Waals surface area contributed by atoms with Crippen molar-refractivity contribution in [2.75, 3.05) is 0 Å². The third kappa shape index (κ3) is 3.66. The van der Waals surface area contributed by atoms with E-state index < -0.39 is 0 Å². The molecule has 0 aromatic carbocycles. The molecule has 1 fully saturated rings. The van der Waals surface area contributed by atoms with Crippen molar-refractivity contribution >= 4 is 0 Å². The van der Waals surface area contributed by atoms with Gasteiger partial charge in [-0.05, 0) is 50.4 Å². The minimum Gasteiger partial charge on any atom is -0.0917 e. The van der Waals surface area contributed by atoms with E-state index in [1.807, 2.05) is 0 Å². The molecule has 15 heavy (non-hydrogen) atoms. The van der Waals surface area contributed by atoms with E-state index >= 15 is 0 Å². The topological polar surface area (TPSA) is 0 Å².